The number of aromatic nitrogens is 2. The monoisotopic (exact) mass is 434 g/mol. The molecule has 0 aliphatic carbocycles. The second-order valence-corrected chi connectivity index (χ2v) is 7.35. The molecule has 8 nitrogen and oxygen atoms in total. The van der Waals surface area contributed by atoms with Crippen molar-refractivity contribution < 1.29 is 19.0 Å². The molecule has 8 heteroatoms. The minimum Gasteiger partial charge on any atom is -0.496 e. The number of methoxy groups -OCH3 is 2. The van der Waals surface area contributed by atoms with Gasteiger partial charge in [-0.25, -0.2) is 0 Å². The first kappa shape index (κ1) is 21.4. The maximum atomic E-state index is 12.6. The molecule has 2 aromatic carbocycles. The van der Waals surface area contributed by atoms with E-state index in [9.17, 15) is 4.79 Å². The number of anilines is 1. The Kier molecular flexibility index (Phi) is 6.69. The molecule has 166 valence electrons. The number of nitrogens with zero attached hydrogens (tertiary/aromatic N) is 4. The Hall–Kier alpha value is -3.81. The summed E-state index contributed by atoms with van der Waals surface area (Å²) in [4.78, 5) is 16.6. The van der Waals surface area contributed by atoms with Gasteiger partial charge in [0, 0.05) is 49.9 Å². The summed E-state index contributed by atoms with van der Waals surface area (Å²) in [6.07, 6.45) is 0. The maximum Gasteiger partial charge on any atom is 0.260 e. The van der Waals surface area contributed by atoms with E-state index in [0.29, 0.717) is 43.4 Å². The summed E-state index contributed by atoms with van der Waals surface area (Å²) in [6, 6.07) is 19.1. The van der Waals surface area contributed by atoms with Crippen LogP contribution in [-0.2, 0) is 4.79 Å². The summed E-state index contributed by atoms with van der Waals surface area (Å²) in [5, 5.41) is 8.74. The molecule has 1 aliphatic rings. The molecule has 3 aromatic rings. The van der Waals surface area contributed by atoms with Gasteiger partial charge in [0.15, 0.2) is 12.4 Å². The number of benzene rings is 2. The Morgan fingerprint density at radius 1 is 0.844 bits per heavy atom. The first-order chi connectivity index (χ1) is 15.7. The molecule has 1 amide bonds. The van der Waals surface area contributed by atoms with Gasteiger partial charge in [0.1, 0.15) is 17.2 Å². The number of hydrogen-bond acceptors (Lipinski definition) is 7. The van der Waals surface area contributed by atoms with Crippen LogP contribution in [-0.4, -0.2) is 68.0 Å². The van der Waals surface area contributed by atoms with Crippen molar-refractivity contribution in [3.8, 4) is 28.5 Å². The summed E-state index contributed by atoms with van der Waals surface area (Å²) < 4.78 is 16.2. The Bertz CT molecular complexity index is 1010. The van der Waals surface area contributed by atoms with Crippen molar-refractivity contribution in [1.29, 1.82) is 0 Å². The normalized spacial score (nSPS) is 13.6. The number of ether oxygens (including phenoxy) is 3. The Balaban J connectivity index is 1.29. The van der Waals surface area contributed by atoms with E-state index in [-0.39, 0.29) is 12.5 Å². The van der Waals surface area contributed by atoms with Gasteiger partial charge in [0.05, 0.1) is 19.9 Å². The third-order valence-corrected chi connectivity index (χ3v) is 5.36. The zero-order valence-corrected chi connectivity index (χ0v) is 18.2. The molecule has 0 N–H and O–H groups in total. The van der Waals surface area contributed by atoms with E-state index in [1.165, 1.54) is 0 Å². The maximum absolute atomic E-state index is 12.6. The van der Waals surface area contributed by atoms with Crippen molar-refractivity contribution in [2.45, 2.75) is 0 Å². The highest BCUT2D eigenvalue weighted by Crippen LogP contribution is 2.27. The van der Waals surface area contributed by atoms with Crippen LogP contribution in [0.1, 0.15) is 0 Å². The average Bonchev–Trinajstić information content (AvgIpc) is 2.87. The van der Waals surface area contributed by atoms with Gasteiger partial charge in [0.2, 0.25) is 0 Å². The van der Waals surface area contributed by atoms with E-state index in [0.717, 1.165) is 17.1 Å². The Morgan fingerprint density at radius 3 is 2.09 bits per heavy atom. The quantitative estimate of drug-likeness (QED) is 0.566. The summed E-state index contributed by atoms with van der Waals surface area (Å²) in [5.41, 5.74) is 1.88. The highest BCUT2D eigenvalue weighted by atomic mass is 16.5. The van der Waals surface area contributed by atoms with Gasteiger partial charge in [-0.15, -0.1) is 10.2 Å². The molecule has 0 atom stereocenters. The van der Waals surface area contributed by atoms with Gasteiger partial charge in [-0.3, -0.25) is 4.79 Å². The fraction of sp³-hybridized carbons (Fsp3) is 0.292. The van der Waals surface area contributed by atoms with Crippen LogP contribution >= 0.6 is 0 Å². The Morgan fingerprint density at radius 2 is 1.50 bits per heavy atom. The van der Waals surface area contributed by atoms with E-state index < -0.39 is 0 Å². The lowest BCUT2D eigenvalue weighted by atomic mass is 10.1. The summed E-state index contributed by atoms with van der Waals surface area (Å²) in [7, 11) is 3.14. The molecule has 1 fully saturated rings. The minimum absolute atomic E-state index is 0.0398. The molecule has 0 spiro atoms. The van der Waals surface area contributed by atoms with Crippen molar-refractivity contribution in [3.63, 3.8) is 0 Å². The fourth-order valence-corrected chi connectivity index (χ4v) is 3.54. The highest BCUT2D eigenvalue weighted by Gasteiger charge is 2.22. The molecule has 4 rings (SSSR count). The third kappa shape index (κ3) is 5.08. The number of hydrogen-bond donors (Lipinski definition) is 0. The number of carbonyl (C=O) groups excluding carboxylic acids is 1. The largest absolute Gasteiger partial charge is 0.496 e. The summed E-state index contributed by atoms with van der Waals surface area (Å²) >= 11 is 0. The van der Waals surface area contributed by atoms with Crippen molar-refractivity contribution in [2.24, 2.45) is 0 Å². The van der Waals surface area contributed by atoms with Crippen LogP contribution in [0.4, 0.5) is 5.82 Å². The van der Waals surface area contributed by atoms with E-state index in [2.05, 4.69) is 15.1 Å². The van der Waals surface area contributed by atoms with Gasteiger partial charge in [-0.1, -0.05) is 30.3 Å². The summed E-state index contributed by atoms with van der Waals surface area (Å²) in [5.74, 6) is 2.51. The zero-order chi connectivity index (χ0) is 22.3. The predicted molar refractivity (Wildman–Crippen MR) is 121 cm³/mol. The predicted octanol–water partition coefficient (Wildman–Crippen LogP) is 2.89. The molecule has 0 unspecified atom stereocenters. The molecular weight excluding hydrogens is 408 g/mol. The average molecular weight is 434 g/mol. The molecule has 1 aromatic heterocycles. The molecule has 1 aliphatic heterocycles. The lowest BCUT2D eigenvalue weighted by molar-refractivity contribution is -0.133. The smallest absolute Gasteiger partial charge is 0.260 e. The first-order valence-electron chi connectivity index (χ1n) is 10.4. The highest BCUT2D eigenvalue weighted by molar-refractivity contribution is 5.78. The number of carbonyl (C=O) groups is 1. The number of amides is 1. The van der Waals surface area contributed by atoms with Crippen LogP contribution in [0.3, 0.4) is 0 Å². The van der Waals surface area contributed by atoms with E-state index >= 15 is 0 Å². The van der Waals surface area contributed by atoms with Crippen LogP contribution in [0.2, 0.25) is 0 Å². The van der Waals surface area contributed by atoms with Crippen molar-refractivity contribution in [1.82, 2.24) is 15.1 Å². The van der Waals surface area contributed by atoms with E-state index in [1.807, 2.05) is 42.5 Å². The minimum atomic E-state index is -0.0584. The van der Waals surface area contributed by atoms with Gasteiger partial charge in [0.25, 0.3) is 5.91 Å². The molecule has 32 heavy (non-hydrogen) atoms. The topological polar surface area (TPSA) is 77.0 Å². The van der Waals surface area contributed by atoms with E-state index in [4.69, 9.17) is 14.2 Å². The van der Waals surface area contributed by atoms with Crippen molar-refractivity contribution in [2.75, 3.05) is 51.9 Å². The Labute approximate surface area is 187 Å². The van der Waals surface area contributed by atoms with Crippen LogP contribution in [0.25, 0.3) is 11.3 Å². The fourth-order valence-electron chi connectivity index (χ4n) is 3.54. The van der Waals surface area contributed by atoms with Gasteiger partial charge in [-0.2, -0.15) is 0 Å². The van der Waals surface area contributed by atoms with Crippen LogP contribution in [0, 0.1) is 0 Å². The van der Waals surface area contributed by atoms with Crippen LogP contribution < -0.4 is 19.1 Å². The molecule has 0 bridgehead atoms. The standard InChI is InChI=1S/C24H26N4O4/c1-30-19-14-20(31-2)16-21(15-19)32-17-24(29)28-12-10-27(11-13-28)23-9-8-22(25-26-23)18-6-4-3-5-7-18/h3-9,14-16H,10-13,17H2,1-2H3. The van der Waals surface area contributed by atoms with Gasteiger partial charge < -0.3 is 24.0 Å². The lowest BCUT2D eigenvalue weighted by Gasteiger charge is -2.35. The third-order valence-electron chi connectivity index (χ3n) is 5.36. The summed E-state index contributed by atoms with van der Waals surface area (Å²) in [6.45, 7) is 2.55. The van der Waals surface area contributed by atoms with Gasteiger partial charge >= 0.3 is 0 Å². The lowest BCUT2D eigenvalue weighted by Crippen LogP contribution is -2.50. The van der Waals surface area contributed by atoms with E-state index in [1.54, 1.807) is 37.3 Å². The second kappa shape index (κ2) is 10.00. The second-order valence-electron chi connectivity index (χ2n) is 7.35. The number of piperazine rings is 1. The molecule has 0 saturated carbocycles. The SMILES string of the molecule is COc1cc(OC)cc(OCC(=O)N2CCN(c3ccc(-c4ccccc4)nn3)CC2)c1. The van der Waals surface area contributed by atoms with Gasteiger partial charge in [-0.05, 0) is 12.1 Å². The molecule has 2 heterocycles. The number of rotatable bonds is 7. The molecule has 0 radical (unpaired) electrons. The van der Waals surface area contributed by atoms with Crippen LogP contribution in [0.15, 0.2) is 60.7 Å². The molecular formula is C24H26N4O4. The van der Waals surface area contributed by atoms with Crippen molar-refractivity contribution in [3.05, 3.63) is 60.7 Å². The first-order valence-corrected chi connectivity index (χ1v) is 10.4. The van der Waals surface area contributed by atoms with Crippen molar-refractivity contribution >= 4 is 11.7 Å². The van der Waals surface area contributed by atoms with Crippen LogP contribution in [0.5, 0.6) is 17.2 Å². The zero-order valence-electron chi connectivity index (χ0n) is 18.2. The molecule has 1 saturated heterocycles.